The molecule has 1 atom stereocenters. The Hall–Kier alpha value is -2.39. The van der Waals surface area contributed by atoms with Crippen LogP contribution in [0.1, 0.15) is 6.92 Å². The lowest BCUT2D eigenvalue weighted by Crippen LogP contribution is -2.52. The predicted octanol–water partition coefficient (Wildman–Crippen LogP) is 0.556. The molecule has 1 aromatic carbocycles. The molecule has 0 unspecified atom stereocenters. The van der Waals surface area contributed by atoms with E-state index in [1.54, 1.807) is 0 Å². The van der Waals surface area contributed by atoms with E-state index in [4.69, 9.17) is 9.47 Å². The zero-order valence-electron chi connectivity index (χ0n) is 12.7. The third-order valence-electron chi connectivity index (χ3n) is 3.95. The maximum absolute atomic E-state index is 12.2. The molecular formula is C14H18N4O5. The van der Waals surface area contributed by atoms with Crippen molar-refractivity contribution in [3.05, 3.63) is 22.2 Å². The maximum Gasteiger partial charge on any atom is 0.296 e. The predicted molar refractivity (Wildman–Crippen MR) is 81.8 cm³/mol. The van der Waals surface area contributed by atoms with Crippen LogP contribution in [-0.2, 0) is 4.79 Å². The van der Waals surface area contributed by atoms with Crippen LogP contribution in [0.2, 0.25) is 0 Å². The number of piperazine rings is 1. The number of carbonyl (C=O) groups is 1. The first-order valence-corrected chi connectivity index (χ1v) is 7.37. The SMILES string of the molecule is C[C@@H]1CNCCN1CC(=O)Nc1cc2c(cc1[N+](=O)[O-])OCO2. The quantitative estimate of drug-likeness (QED) is 0.616. The number of rotatable bonds is 4. The molecule has 2 N–H and O–H groups in total. The van der Waals surface area contributed by atoms with Crippen molar-refractivity contribution in [2.24, 2.45) is 0 Å². The average molecular weight is 322 g/mol. The van der Waals surface area contributed by atoms with E-state index in [2.05, 4.69) is 10.6 Å². The number of hydrogen-bond donors (Lipinski definition) is 2. The Morgan fingerprint density at radius 3 is 2.91 bits per heavy atom. The summed E-state index contributed by atoms with van der Waals surface area (Å²) in [6, 6.07) is 2.94. The summed E-state index contributed by atoms with van der Waals surface area (Å²) in [5, 5.41) is 17.0. The normalized spacial score (nSPS) is 20.3. The number of fused-ring (bicyclic) bond motifs is 1. The molecule has 9 nitrogen and oxygen atoms in total. The molecule has 1 saturated heterocycles. The van der Waals surface area contributed by atoms with Crippen LogP contribution < -0.4 is 20.1 Å². The van der Waals surface area contributed by atoms with Crippen LogP contribution in [0.3, 0.4) is 0 Å². The first-order chi connectivity index (χ1) is 11.0. The minimum Gasteiger partial charge on any atom is -0.454 e. The van der Waals surface area contributed by atoms with Crippen LogP contribution in [-0.4, -0.2) is 54.7 Å². The van der Waals surface area contributed by atoms with Gasteiger partial charge in [0.15, 0.2) is 11.5 Å². The van der Waals surface area contributed by atoms with Crippen molar-refractivity contribution in [3.63, 3.8) is 0 Å². The van der Waals surface area contributed by atoms with Crippen molar-refractivity contribution < 1.29 is 19.2 Å². The fourth-order valence-corrected chi connectivity index (χ4v) is 2.67. The highest BCUT2D eigenvalue weighted by Crippen LogP contribution is 2.40. The van der Waals surface area contributed by atoms with Gasteiger partial charge in [-0.15, -0.1) is 0 Å². The molecule has 0 radical (unpaired) electrons. The molecule has 2 heterocycles. The van der Waals surface area contributed by atoms with Crippen molar-refractivity contribution in [2.45, 2.75) is 13.0 Å². The van der Waals surface area contributed by atoms with Gasteiger partial charge in [0.05, 0.1) is 17.5 Å². The lowest BCUT2D eigenvalue weighted by Gasteiger charge is -2.33. The van der Waals surface area contributed by atoms with E-state index in [0.29, 0.717) is 11.5 Å². The van der Waals surface area contributed by atoms with Gasteiger partial charge < -0.3 is 20.1 Å². The summed E-state index contributed by atoms with van der Waals surface area (Å²) >= 11 is 0. The second-order valence-corrected chi connectivity index (χ2v) is 5.55. The van der Waals surface area contributed by atoms with Gasteiger partial charge >= 0.3 is 0 Å². The van der Waals surface area contributed by atoms with E-state index in [1.165, 1.54) is 12.1 Å². The molecule has 0 bridgehead atoms. The van der Waals surface area contributed by atoms with E-state index in [-0.39, 0.29) is 36.7 Å². The number of ether oxygens (including phenoxy) is 2. The molecule has 1 amide bonds. The number of anilines is 1. The minimum absolute atomic E-state index is 0.0161. The molecule has 0 spiro atoms. The highest BCUT2D eigenvalue weighted by molar-refractivity contribution is 5.95. The molecule has 1 fully saturated rings. The van der Waals surface area contributed by atoms with E-state index < -0.39 is 4.92 Å². The maximum atomic E-state index is 12.2. The zero-order valence-corrected chi connectivity index (χ0v) is 12.7. The Kier molecular flexibility index (Phi) is 4.30. The van der Waals surface area contributed by atoms with E-state index in [9.17, 15) is 14.9 Å². The van der Waals surface area contributed by atoms with Crippen LogP contribution in [0.15, 0.2) is 12.1 Å². The highest BCUT2D eigenvalue weighted by atomic mass is 16.7. The molecule has 0 saturated carbocycles. The summed E-state index contributed by atoms with van der Waals surface area (Å²) in [6.45, 7) is 4.64. The Balaban J connectivity index is 1.74. The first kappa shape index (κ1) is 15.5. The molecule has 2 aliphatic heterocycles. The van der Waals surface area contributed by atoms with Crippen LogP contribution >= 0.6 is 0 Å². The largest absolute Gasteiger partial charge is 0.454 e. The molecule has 0 aliphatic carbocycles. The van der Waals surface area contributed by atoms with Gasteiger partial charge in [0.2, 0.25) is 12.7 Å². The Bertz CT molecular complexity index is 636. The molecule has 0 aromatic heterocycles. The van der Waals surface area contributed by atoms with Gasteiger partial charge in [0.1, 0.15) is 5.69 Å². The van der Waals surface area contributed by atoms with Crippen LogP contribution in [0.25, 0.3) is 0 Å². The molecule has 2 aliphatic rings. The number of amides is 1. The van der Waals surface area contributed by atoms with Crippen molar-refractivity contribution in [1.29, 1.82) is 0 Å². The van der Waals surface area contributed by atoms with Crippen LogP contribution in [0, 0.1) is 10.1 Å². The number of nitrogens with one attached hydrogen (secondary N) is 2. The van der Waals surface area contributed by atoms with Gasteiger partial charge in [0.25, 0.3) is 5.69 Å². The number of hydrogen-bond acceptors (Lipinski definition) is 7. The molecular weight excluding hydrogens is 304 g/mol. The van der Waals surface area contributed by atoms with Gasteiger partial charge in [-0.25, -0.2) is 0 Å². The number of nitrogens with zero attached hydrogens (tertiary/aromatic N) is 2. The molecule has 1 aromatic rings. The summed E-state index contributed by atoms with van der Waals surface area (Å²) in [5.74, 6) is 0.410. The summed E-state index contributed by atoms with van der Waals surface area (Å²) in [4.78, 5) is 24.9. The smallest absolute Gasteiger partial charge is 0.296 e. The summed E-state index contributed by atoms with van der Waals surface area (Å²) in [6.07, 6.45) is 0. The average Bonchev–Trinajstić information content (AvgIpc) is 2.96. The lowest BCUT2D eigenvalue weighted by molar-refractivity contribution is -0.384. The second-order valence-electron chi connectivity index (χ2n) is 5.55. The van der Waals surface area contributed by atoms with Crippen LogP contribution in [0.4, 0.5) is 11.4 Å². The molecule has 9 heteroatoms. The Labute approximate surface area is 132 Å². The van der Waals surface area contributed by atoms with Gasteiger partial charge in [-0.1, -0.05) is 0 Å². The summed E-state index contributed by atoms with van der Waals surface area (Å²) in [7, 11) is 0. The van der Waals surface area contributed by atoms with Crippen molar-refractivity contribution in [3.8, 4) is 11.5 Å². The topological polar surface area (TPSA) is 106 Å². The molecule has 23 heavy (non-hydrogen) atoms. The molecule has 3 rings (SSSR count). The van der Waals surface area contributed by atoms with Crippen molar-refractivity contribution >= 4 is 17.3 Å². The Morgan fingerprint density at radius 2 is 2.22 bits per heavy atom. The van der Waals surface area contributed by atoms with Gasteiger partial charge in [-0.05, 0) is 6.92 Å². The summed E-state index contributed by atoms with van der Waals surface area (Å²) in [5.41, 5.74) is -0.0944. The second kappa shape index (κ2) is 6.39. The number of nitro benzene ring substituents is 1. The summed E-state index contributed by atoms with van der Waals surface area (Å²) < 4.78 is 10.3. The van der Waals surface area contributed by atoms with Crippen molar-refractivity contribution in [1.82, 2.24) is 10.2 Å². The van der Waals surface area contributed by atoms with Gasteiger partial charge in [-0.3, -0.25) is 19.8 Å². The van der Waals surface area contributed by atoms with Crippen LogP contribution in [0.5, 0.6) is 11.5 Å². The van der Waals surface area contributed by atoms with Gasteiger partial charge in [-0.2, -0.15) is 0 Å². The highest BCUT2D eigenvalue weighted by Gasteiger charge is 2.26. The van der Waals surface area contributed by atoms with Gasteiger partial charge in [0, 0.05) is 31.7 Å². The number of carbonyl (C=O) groups excluding carboxylic acids is 1. The van der Waals surface area contributed by atoms with E-state index >= 15 is 0 Å². The monoisotopic (exact) mass is 322 g/mol. The van der Waals surface area contributed by atoms with Crippen molar-refractivity contribution in [2.75, 3.05) is 38.3 Å². The third kappa shape index (κ3) is 3.35. The molecule has 124 valence electrons. The Morgan fingerprint density at radius 1 is 1.48 bits per heavy atom. The number of benzene rings is 1. The fraction of sp³-hybridized carbons (Fsp3) is 0.500. The lowest BCUT2D eigenvalue weighted by atomic mass is 10.2. The van der Waals surface area contributed by atoms with E-state index in [0.717, 1.165) is 19.6 Å². The standard InChI is InChI=1S/C14H18N4O5/c1-9-6-15-2-3-17(9)7-14(19)16-10-4-12-13(23-8-22-12)5-11(10)18(20)21/h4-5,9,15H,2-3,6-8H2,1H3,(H,16,19)/t9-/m1/s1. The third-order valence-corrected chi connectivity index (χ3v) is 3.95. The minimum atomic E-state index is -0.551. The van der Waals surface area contributed by atoms with E-state index in [1.807, 2.05) is 11.8 Å². The number of nitro groups is 1. The first-order valence-electron chi connectivity index (χ1n) is 7.37. The fourth-order valence-electron chi connectivity index (χ4n) is 2.67. The zero-order chi connectivity index (χ0) is 16.4.